The quantitative estimate of drug-likeness (QED) is 0.296. The summed E-state index contributed by atoms with van der Waals surface area (Å²) >= 11 is 0. The Balaban J connectivity index is 2.17. The first-order valence-corrected chi connectivity index (χ1v) is 11.8. The molecule has 0 saturated carbocycles. The second-order valence-corrected chi connectivity index (χ2v) is 8.18. The number of aliphatic hydroxyl groups is 1. The molecule has 1 amide bonds. The van der Waals surface area contributed by atoms with Crippen LogP contribution in [0, 0.1) is 0 Å². The fourth-order valence-electron chi connectivity index (χ4n) is 4.48. The average Bonchev–Trinajstić information content (AvgIpc) is 3.15. The van der Waals surface area contributed by atoms with Gasteiger partial charge in [0.2, 0.25) is 0 Å². The number of benzene rings is 2. The maximum Gasteiger partial charge on any atom is 0.295 e. The highest BCUT2D eigenvalue weighted by Crippen LogP contribution is 2.44. The highest BCUT2D eigenvalue weighted by Gasteiger charge is 2.47. The molecule has 1 aliphatic heterocycles. The van der Waals surface area contributed by atoms with Crippen LogP contribution in [0.5, 0.6) is 17.2 Å². The summed E-state index contributed by atoms with van der Waals surface area (Å²) in [7, 11) is 4.56. The summed E-state index contributed by atoms with van der Waals surface area (Å²) in [6, 6.07) is 11.2. The third-order valence-electron chi connectivity index (χ3n) is 6.40. The van der Waals surface area contributed by atoms with Gasteiger partial charge >= 0.3 is 0 Å². The normalized spacial score (nSPS) is 17.2. The summed E-state index contributed by atoms with van der Waals surface area (Å²) in [5.74, 6) is -0.262. The first kappa shape index (κ1) is 26.1. The van der Waals surface area contributed by atoms with Crippen LogP contribution in [0.3, 0.4) is 0 Å². The number of hydrogen-bond donors (Lipinski definition) is 1. The van der Waals surface area contributed by atoms with Crippen LogP contribution in [0.4, 0.5) is 0 Å². The van der Waals surface area contributed by atoms with E-state index in [9.17, 15) is 14.7 Å². The zero-order chi connectivity index (χ0) is 25.5. The van der Waals surface area contributed by atoms with Crippen LogP contribution in [-0.4, -0.2) is 74.1 Å². The van der Waals surface area contributed by atoms with Crippen LogP contribution in [0.15, 0.2) is 48.0 Å². The summed E-state index contributed by atoms with van der Waals surface area (Å²) in [6.45, 7) is 7.10. The van der Waals surface area contributed by atoms with E-state index in [1.165, 1.54) is 19.1 Å². The Hall–Kier alpha value is -3.52. The van der Waals surface area contributed by atoms with Crippen molar-refractivity contribution in [3.05, 3.63) is 59.2 Å². The Labute approximate surface area is 206 Å². The highest BCUT2D eigenvalue weighted by molar-refractivity contribution is 6.46. The van der Waals surface area contributed by atoms with Crippen LogP contribution >= 0.6 is 0 Å². The molecular formula is C27H34N2O6. The minimum absolute atomic E-state index is 0.00566. The number of methoxy groups -OCH3 is 3. The van der Waals surface area contributed by atoms with E-state index in [1.54, 1.807) is 49.6 Å². The molecule has 1 saturated heterocycles. The van der Waals surface area contributed by atoms with E-state index in [4.69, 9.17) is 14.2 Å². The molecule has 0 spiro atoms. The number of ketones is 1. The molecule has 1 heterocycles. The molecule has 1 N–H and O–H groups in total. The van der Waals surface area contributed by atoms with Gasteiger partial charge in [0, 0.05) is 12.1 Å². The number of hydrogen-bond acceptors (Lipinski definition) is 7. The number of para-hydroxylation sites is 1. The summed E-state index contributed by atoms with van der Waals surface area (Å²) in [4.78, 5) is 30.4. The SMILES string of the molecule is CCN(CC)CCCN1C(=O)C(=O)/C(=C(/O)c2ccccc2OC)C1c1cc(OC)ccc1OC. The summed E-state index contributed by atoms with van der Waals surface area (Å²) in [6.07, 6.45) is 0.673. The Kier molecular flexibility index (Phi) is 8.76. The van der Waals surface area contributed by atoms with E-state index >= 15 is 0 Å². The molecule has 3 rings (SSSR count). The molecule has 188 valence electrons. The van der Waals surface area contributed by atoms with Gasteiger partial charge in [0.05, 0.1) is 38.5 Å². The molecule has 0 radical (unpaired) electrons. The molecular weight excluding hydrogens is 448 g/mol. The largest absolute Gasteiger partial charge is 0.507 e. The second kappa shape index (κ2) is 11.8. The second-order valence-electron chi connectivity index (χ2n) is 8.18. The molecule has 1 fully saturated rings. The molecule has 2 aromatic carbocycles. The predicted molar refractivity (Wildman–Crippen MR) is 134 cm³/mol. The fraction of sp³-hybridized carbons (Fsp3) is 0.407. The summed E-state index contributed by atoms with van der Waals surface area (Å²) < 4.78 is 16.4. The van der Waals surface area contributed by atoms with Crippen LogP contribution in [0.1, 0.15) is 37.4 Å². The van der Waals surface area contributed by atoms with Crippen molar-refractivity contribution in [1.29, 1.82) is 0 Å². The van der Waals surface area contributed by atoms with E-state index in [-0.39, 0.29) is 11.3 Å². The van der Waals surface area contributed by atoms with E-state index in [2.05, 4.69) is 18.7 Å². The molecule has 0 aromatic heterocycles. The van der Waals surface area contributed by atoms with E-state index in [0.29, 0.717) is 41.3 Å². The smallest absolute Gasteiger partial charge is 0.295 e. The van der Waals surface area contributed by atoms with Gasteiger partial charge in [-0.15, -0.1) is 0 Å². The first-order chi connectivity index (χ1) is 16.9. The first-order valence-electron chi connectivity index (χ1n) is 11.8. The number of Topliss-reactive ketones (excluding diaryl/α,β-unsaturated/α-hetero) is 1. The number of carbonyl (C=O) groups is 2. The number of aliphatic hydroxyl groups excluding tert-OH is 1. The molecule has 1 aliphatic rings. The maximum absolute atomic E-state index is 13.3. The van der Waals surface area contributed by atoms with E-state index in [1.807, 2.05) is 0 Å². The van der Waals surface area contributed by atoms with Crippen LogP contribution in [0.2, 0.25) is 0 Å². The van der Waals surface area contributed by atoms with Crippen molar-refractivity contribution in [3.63, 3.8) is 0 Å². The minimum Gasteiger partial charge on any atom is -0.507 e. The lowest BCUT2D eigenvalue weighted by atomic mass is 9.94. The number of nitrogens with zero attached hydrogens (tertiary/aromatic N) is 2. The van der Waals surface area contributed by atoms with Gasteiger partial charge in [-0.2, -0.15) is 0 Å². The van der Waals surface area contributed by atoms with Gasteiger partial charge in [0.15, 0.2) is 0 Å². The topological polar surface area (TPSA) is 88.5 Å². The summed E-state index contributed by atoms with van der Waals surface area (Å²) in [5, 5.41) is 11.4. The summed E-state index contributed by atoms with van der Waals surface area (Å²) in [5.41, 5.74) is 0.891. The number of ether oxygens (including phenoxy) is 3. The molecule has 1 atom stereocenters. The standard InChI is InChI=1S/C27H34N2O6/c1-6-28(7-2)15-10-16-29-24(20-17-18(33-3)13-14-22(20)35-5)23(26(31)27(29)32)25(30)19-11-8-9-12-21(19)34-4/h8-9,11-14,17,24,30H,6-7,10,15-16H2,1-5H3/b25-23+. The van der Waals surface area contributed by atoms with Gasteiger partial charge < -0.3 is 29.1 Å². The monoisotopic (exact) mass is 482 g/mol. The van der Waals surface area contributed by atoms with Crippen LogP contribution in [-0.2, 0) is 9.59 Å². The van der Waals surface area contributed by atoms with Crippen molar-refractivity contribution in [2.24, 2.45) is 0 Å². The van der Waals surface area contributed by atoms with Gasteiger partial charge in [-0.25, -0.2) is 0 Å². The van der Waals surface area contributed by atoms with Crippen molar-refractivity contribution >= 4 is 17.4 Å². The van der Waals surface area contributed by atoms with E-state index in [0.717, 1.165) is 19.6 Å². The molecule has 0 aliphatic carbocycles. The Bertz CT molecular complexity index is 1090. The molecule has 2 aromatic rings. The van der Waals surface area contributed by atoms with Gasteiger partial charge in [-0.3, -0.25) is 9.59 Å². The third kappa shape index (κ3) is 5.27. The van der Waals surface area contributed by atoms with Crippen molar-refractivity contribution in [3.8, 4) is 17.2 Å². The molecule has 0 bridgehead atoms. The lowest BCUT2D eigenvalue weighted by Gasteiger charge is -2.28. The number of carbonyl (C=O) groups excluding carboxylic acids is 2. The molecule has 8 nitrogen and oxygen atoms in total. The molecule has 8 heteroatoms. The van der Waals surface area contributed by atoms with Gasteiger partial charge in [-0.1, -0.05) is 26.0 Å². The lowest BCUT2D eigenvalue weighted by Crippen LogP contribution is -2.33. The van der Waals surface area contributed by atoms with Gasteiger partial charge in [0.1, 0.15) is 23.0 Å². The predicted octanol–water partition coefficient (Wildman–Crippen LogP) is 3.87. The molecule has 1 unspecified atom stereocenters. The number of amides is 1. The van der Waals surface area contributed by atoms with Crippen molar-refractivity contribution in [2.45, 2.75) is 26.3 Å². The molecule has 35 heavy (non-hydrogen) atoms. The van der Waals surface area contributed by atoms with Gasteiger partial charge in [0.25, 0.3) is 11.7 Å². The average molecular weight is 483 g/mol. The Morgan fingerprint density at radius 2 is 1.66 bits per heavy atom. The fourth-order valence-corrected chi connectivity index (χ4v) is 4.48. The zero-order valence-corrected chi connectivity index (χ0v) is 21.0. The minimum atomic E-state index is -0.846. The van der Waals surface area contributed by atoms with Crippen LogP contribution in [0.25, 0.3) is 5.76 Å². The van der Waals surface area contributed by atoms with Crippen molar-refractivity contribution in [1.82, 2.24) is 9.80 Å². The Morgan fingerprint density at radius 1 is 0.971 bits per heavy atom. The zero-order valence-electron chi connectivity index (χ0n) is 21.0. The number of likely N-dealkylation sites (tertiary alicyclic amines) is 1. The van der Waals surface area contributed by atoms with E-state index < -0.39 is 17.7 Å². The lowest BCUT2D eigenvalue weighted by molar-refractivity contribution is -0.140. The Morgan fingerprint density at radius 3 is 2.29 bits per heavy atom. The highest BCUT2D eigenvalue weighted by atomic mass is 16.5. The van der Waals surface area contributed by atoms with Crippen molar-refractivity contribution in [2.75, 3.05) is 47.5 Å². The third-order valence-corrected chi connectivity index (χ3v) is 6.40. The number of rotatable bonds is 11. The van der Waals surface area contributed by atoms with Crippen LogP contribution < -0.4 is 14.2 Å². The van der Waals surface area contributed by atoms with Crippen molar-refractivity contribution < 1.29 is 28.9 Å². The van der Waals surface area contributed by atoms with Gasteiger partial charge in [-0.05, 0) is 56.4 Å². The maximum atomic E-state index is 13.3.